The molecule has 0 bridgehead atoms. The summed E-state index contributed by atoms with van der Waals surface area (Å²) in [6.45, 7) is 2.92. The number of amides is 2. The van der Waals surface area contributed by atoms with Gasteiger partial charge in [-0.2, -0.15) is 0 Å². The molecule has 34 heavy (non-hydrogen) atoms. The van der Waals surface area contributed by atoms with Gasteiger partial charge in [-0.3, -0.25) is 13.3 Å². The van der Waals surface area contributed by atoms with Crippen molar-refractivity contribution >= 4 is 39.7 Å². The molecule has 2 aliphatic rings. The Morgan fingerprint density at radius 1 is 1.06 bits per heavy atom. The molecule has 1 saturated heterocycles. The zero-order valence-corrected chi connectivity index (χ0v) is 20.4. The van der Waals surface area contributed by atoms with Gasteiger partial charge in [0.05, 0.1) is 12.3 Å². The van der Waals surface area contributed by atoms with Gasteiger partial charge in [0.2, 0.25) is 0 Å². The second kappa shape index (κ2) is 11.2. The molecule has 8 nitrogen and oxygen atoms in total. The van der Waals surface area contributed by atoms with Crippen molar-refractivity contribution in [2.45, 2.75) is 64.0 Å². The second-order valence-corrected chi connectivity index (χ2v) is 9.77. The molecule has 1 heterocycles. The van der Waals surface area contributed by atoms with Gasteiger partial charge in [0.1, 0.15) is 0 Å². The molecule has 0 radical (unpaired) electrons. The smallest absolute Gasteiger partial charge is 0.409 e. The number of nitrogens with zero attached hydrogens (tertiary/aromatic N) is 2. The average molecular weight is 487 g/mol. The number of rotatable bonds is 6. The monoisotopic (exact) mass is 486 g/mol. The first-order chi connectivity index (χ1) is 16.5. The lowest BCUT2D eigenvalue weighted by molar-refractivity contribution is 0.0928. The molecule has 0 aromatic heterocycles. The average Bonchev–Trinajstić information content (AvgIpc) is 2.85. The summed E-state index contributed by atoms with van der Waals surface area (Å²) in [5, 5.41) is 4.61. The van der Waals surface area contributed by atoms with Gasteiger partial charge in [0, 0.05) is 47.4 Å². The summed E-state index contributed by atoms with van der Waals surface area (Å²) >= 11 is -2.51. The summed E-state index contributed by atoms with van der Waals surface area (Å²) < 4.78 is 31.2. The van der Waals surface area contributed by atoms with Crippen LogP contribution < -0.4 is 9.62 Å². The Bertz CT molecular complexity index is 1050. The molecule has 2 aromatic carbocycles. The Morgan fingerprint density at radius 2 is 1.74 bits per heavy atom. The van der Waals surface area contributed by atoms with Crippen molar-refractivity contribution in [3.05, 3.63) is 42.0 Å². The van der Waals surface area contributed by atoms with E-state index < -0.39 is 11.3 Å². The van der Waals surface area contributed by atoms with E-state index >= 15 is 0 Å². The molecule has 1 atom stereocenters. The van der Waals surface area contributed by atoms with Crippen LogP contribution in [0, 0.1) is 0 Å². The summed E-state index contributed by atoms with van der Waals surface area (Å²) in [5.41, 5.74) is 1.10. The summed E-state index contributed by atoms with van der Waals surface area (Å²) in [5.74, 6) is -0.118. The number of hydrogen-bond donors (Lipinski definition) is 1. The van der Waals surface area contributed by atoms with Crippen molar-refractivity contribution in [3.8, 4) is 0 Å². The highest BCUT2D eigenvalue weighted by Gasteiger charge is 2.29. The van der Waals surface area contributed by atoms with Crippen LogP contribution in [0.5, 0.6) is 0 Å². The van der Waals surface area contributed by atoms with Gasteiger partial charge in [-0.05, 0) is 50.1 Å². The lowest BCUT2D eigenvalue weighted by atomic mass is 9.95. The molecule has 2 aromatic rings. The van der Waals surface area contributed by atoms with Crippen LogP contribution in [0.2, 0.25) is 0 Å². The predicted molar refractivity (Wildman–Crippen MR) is 131 cm³/mol. The van der Waals surface area contributed by atoms with Gasteiger partial charge in [-0.25, -0.2) is 4.79 Å². The first kappa shape index (κ1) is 24.5. The topological polar surface area (TPSA) is 102 Å². The first-order valence-corrected chi connectivity index (χ1v) is 13.2. The van der Waals surface area contributed by atoms with Crippen LogP contribution in [0.1, 0.15) is 62.2 Å². The summed E-state index contributed by atoms with van der Waals surface area (Å²) in [6.07, 6.45) is 6.11. The zero-order chi connectivity index (χ0) is 24.1. The highest BCUT2D eigenvalue weighted by Crippen LogP contribution is 2.33. The summed E-state index contributed by atoms with van der Waals surface area (Å²) in [7, 11) is 0. The van der Waals surface area contributed by atoms with E-state index in [9.17, 15) is 18.4 Å². The summed E-state index contributed by atoms with van der Waals surface area (Å²) in [4.78, 5) is 26.7. The van der Waals surface area contributed by atoms with Gasteiger partial charge in [0.15, 0.2) is 0 Å². The fraction of sp³-hybridized carbons (Fsp3) is 0.520. The number of fused-ring (bicyclic) bond motifs is 1. The molecular weight excluding hydrogens is 454 g/mol. The molecule has 1 aliphatic carbocycles. The molecule has 2 fully saturated rings. The Balaban J connectivity index is 1.59. The molecular formula is C25H32N3O5S-. The van der Waals surface area contributed by atoms with Crippen molar-refractivity contribution in [1.82, 2.24) is 10.2 Å². The predicted octanol–water partition coefficient (Wildman–Crippen LogP) is 4.12. The quantitative estimate of drug-likeness (QED) is 0.619. The van der Waals surface area contributed by atoms with E-state index in [0.717, 1.165) is 36.5 Å². The number of benzene rings is 2. The Kier molecular flexibility index (Phi) is 8.05. The van der Waals surface area contributed by atoms with Gasteiger partial charge in [0.25, 0.3) is 5.91 Å². The van der Waals surface area contributed by atoms with Crippen LogP contribution in [-0.2, 0) is 16.0 Å². The third kappa shape index (κ3) is 5.36. The van der Waals surface area contributed by atoms with Crippen LogP contribution in [0.3, 0.4) is 0 Å². The lowest BCUT2D eigenvalue weighted by Crippen LogP contribution is -2.47. The van der Waals surface area contributed by atoms with E-state index in [0.29, 0.717) is 43.8 Å². The number of anilines is 1. The summed E-state index contributed by atoms with van der Waals surface area (Å²) in [6, 6.07) is 10.8. The largest absolute Gasteiger partial charge is 0.755 e. The molecule has 1 unspecified atom stereocenters. The number of ether oxygens (including phenoxy) is 1. The second-order valence-electron chi connectivity index (χ2n) is 8.95. The normalized spacial score (nSPS) is 18.5. The Labute approximate surface area is 203 Å². The number of hydrogen-bond acceptors (Lipinski definition) is 5. The highest BCUT2D eigenvalue weighted by atomic mass is 32.2. The maximum atomic E-state index is 13.1. The lowest BCUT2D eigenvalue weighted by Gasteiger charge is -2.40. The third-order valence-corrected chi connectivity index (χ3v) is 7.62. The Hall–Kier alpha value is -2.65. The molecule has 4 rings (SSSR count). The number of carbonyl (C=O) groups excluding carboxylic acids is 2. The van der Waals surface area contributed by atoms with Gasteiger partial charge < -0.3 is 19.5 Å². The SMILES string of the molecule is CCOC(=O)N1CCC(N(c2cccc3c(C(=O)NC4CCCCC4)cccc23)S(=O)[O-])CC1. The van der Waals surface area contributed by atoms with Crippen molar-refractivity contribution < 1.29 is 23.1 Å². The van der Waals surface area contributed by atoms with Crippen LogP contribution in [0.4, 0.5) is 10.5 Å². The molecule has 0 spiro atoms. The molecule has 1 saturated carbocycles. The Morgan fingerprint density at radius 3 is 2.41 bits per heavy atom. The van der Waals surface area contributed by atoms with E-state index in [-0.39, 0.29) is 24.1 Å². The van der Waals surface area contributed by atoms with Gasteiger partial charge in [-0.15, -0.1) is 0 Å². The molecule has 9 heteroatoms. The van der Waals surface area contributed by atoms with Crippen LogP contribution in [-0.4, -0.2) is 57.4 Å². The van der Waals surface area contributed by atoms with Crippen molar-refractivity contribution in [2.24, 2.45) is 0 Å². The van der Waals surface area contributed by atoms with E-state index in [1.807, 2.05) is 12.1 Å². The van der Waals surface area contributed by atoms with Crippen molar-refractivity contribution in [1.29, 1.82) is 0 Å². The first-order valence-electron chi connectivity index (χ1n) is 12.1. The maximum Gasteiger partial charge on any atom is 0.409 e. The van der Waals surface area contributed by atoms with Crippen LogP contribution in [0.25, 0.3) is 10.8 Å². The highest BCUT2D eigenvalue weighted by molar-refractivity contribution is 7.80. The number of carbonyl (C=O) groups is 2. The van der Waals surface area contributed by atoms with E-state index in [1.165, 1.54) is 10.7 Å². The standard InChI is InChI=1S/C25H33N3O5S/c1-2-33-25(30)27-16-14-19(15-17-27)28(34(31)32)23-13-7-10-20-21(23)11-6-12-22(20)24(29)26-18-8-4-3-5-9-18/h6-7,10-13,18-19H,2-5,8-9,14-17H2,1H3,(H,26,29)(H,31,32)/p-1. The van der Waals surface area contributed by atoms with Crippen molar-refractivity contribution in [2.75, 3.05) is 24.0 Å². The minimum Gasteiger partial charge on any atom is -0.755 e. The fourth-order valence-electron chi connectivity index (χ4n) is 5.09. The third-order valence-electron chi connectivity index (χ3n) is 6.80. The van der Waals surface area contributed by atoms with Gasteiger partial charge in [-0.1, -0.05) is 43.5 Å². The van der Waals surface area contributed by atoms with Crippen LogP contribution >= 0.6 is 0 Å². The molecule has 2 amide bonds. The maximum absolute atomic E-state index is 13.1. The van der Waals surface area contributed by atoms with E-state index in [1.54, 1.807) is 36.1 Å². The van der Waals surface area contributed by atoms with E-state index in [2.05, 4.69) is 5.32 Å². The van der Waals surface area contributed by atoms with Crippen molar-refractivity contribution in [3.63, 3.8) is 0 Å². The zero-order valence-electron chi connectivity index (χ0n) is 19.5. The molecule has 1 aliphatic heterocycles. The number of piperidine rings is 1. The fourth-order valence-corrected chi connectivity index (χ4v) is 5.86. The minimum absolute atomic E-state index is 0.118. The van der Waals surface area contributed by atoms with Gasteiger partial charge >= 0.3 is 6.09 Å². The van der Waals surface area contributed by atoms with E-state index in [4.69, 9.17) is 4.74 Å². The molecule has 184 valence electrons. The van der Waals surface area contributed by atoms with Crippen LogP contribution in [0.15, 0.2) is 36.4 Å². The minimum atomic E-state index is -2.51. The number of nitrogens with one attached hydrogen (secondary N) is 1. The number of likely N-dealkylation sites (tertiary alicyclic amines) is 1. The molecule has 1 N–H and O–H groups in total.